The number of pyridine rings is 1. The van der Waals surface area contributed by atoms with Gasteiger partial charge in [-0.2, -0.15) is 5.10 Å². The average molecular weight is 228 g/mol. The van der Waals surface area contributed by atoms with E-state index in [0.717, 1.165) is 37.2 Å². The molecule has 0 unspecified atom stereocenters. The average Bonchev–Trinajstić information content (AvgIpc) is 2.90. The van der Waals surface area contributed by atoms with Gasteiger partial charge in [0.1, 0.15) is 0 Å². The normalized spacial score (nSPS) is 17.2. The molecule has 1 aliphatic rings. The molecule has 3 heterocycles. The number of nitrogens with zero attached hydrogens (tertiary/aromatic N) is 3. The van der Waals surface area contributed by atoms with Crippen LogP contribution < -0.4 is 5.32 Å². The Bertz CT molecular complexity index is 471. The highest BCUT2D eigenvalue weighted by atomic mass is 15.3. The molecule has 2 aromatic heterocycles. The van der Waals surface area contributed by atoms with Gasteiger partial charge in [-0.3, -0.25) is 9.67 Å². The van der Waals surface area contributed by atoms with Gasteiger partial charge in [-0.25, -0.2) is 0 Å². The number of nitrogens with one attached hydrogen (secondary N) is 1. The molecule has 3 rings (SSSR count). The highest BCUT2D eigenvalue weighted by molar-refractivity contribution is 5.56. The highest BCUT2D eigenvalue weighted by Gasteiger charge is 2.15. The first kappa shape index (κ1) is 10.5. The van der Waals surface area contributed by atoms with Gasteiger partial charge in [-0.1, -0.05) is 6.07 Å². The van der Waals surface area contributed by atoms with E-state index in [4.69, 9.17) is 0 Å². The van der Waals surface area contributed by atoms with E-state index in [2.05, 4.69) is 26.3 Å². The van der Waals surface area contributed by atoms with Gasteiger partial charge in [0.15, 0.2) is 0 Å². The molecule has 0 amide bonds. The Morgan fingerprint density at radius 1 is 1.24 bits per heavy atom. The van der Waals surface area contributed by atoms with Crippen LogP contribution in [0.4, 0.5) is 0 Å². The maximum absolute atomic E-state index is 4.47. The zero-order chi connectivity index (χ0) is 11.5. The summed E-state index contributed by atoms with van der Waals surface area (Å²) in [6, 6.07) is 6.49. The zero-order valence-electron chi connectivity index (χ0n) is 9.71. The summed E-state index contributed by atoms with van der Waals surface area (Å²) in [6.07, 6.45) is 8.15. The van der Waals surface area contributed by atoms with Crippen molar-refractivity contribution in [2.75, 3.05) is 13.1 Å². The van der Waals surface area contributed by atoms with Crippen molar-refractivity contribution in [2.24, 2.45) is 0 Å². The van der Waals surface area contributed by atoms with Crippen molar-refractivity contribution in [3.05, 3.63) is 36.8 Å². The van der Waals surface area contributed by atoms with Gasteiger partial charge in [-0.05, 0) is 38.1 Å². The number of rotatable bonds is 2. The van der Waals surface area contributed by atoms with Crippen LogP contribution in [0.2, 0.25) is 0 Å². The van der Waals surface area contributed by atoms with Gasteiger partial charge in [0.2, 0.25) is 0 Å². The lowest BCUT2D eigenvalue weighted by molar-refractivity contribution is 0.343. The van der Waals surface area contributed by atoms with Gasteiger partial charge in [-0.15, -0.1) is 0 Å². The summed E-state index contributed by atoms with van der Waals surface area (Å²) in [5.74, 6) is 0. The van der Waals surface area contributed by atoms with E-state index in [1.165, 1.54) is 0 Å². The molecule has 4 nitrogen and oxygen atoms in total. The first-order valence-corrected chi connectivity index (χ1v) is 6.10. The monoisotopic (exact) mass is 228 g/mol. The number of hydrogen-bond acceptors (Lipinski definition) is 3. The fraction of sp³-hybridized carbons (Fsp3) is 0.385. The number of hydrogen-bond donors (Lipinski definition) is 1. The van der Waals surface area contributed by atoms with Gasteiger partial charge in [0.05, 0.1) is 17.9 Å². The van der Waals surface area contributed by atoms with Gasteiger partial charge < -0.3 is 5.32 Å². The molecule has 4 heteroatoms. The van der Waals surface area contributed by atoms with Crippen molar-refractivity contribution in [3.8, 4) is 11.3 Å². The van der Waals surface area contributed by atoms with Crippen LogP contribution in [0.1, 0.15) is 18.9 Å². The van der Waals surface area contributed by atoms with Crippen LogP contribution in [0.15, 0.2) is 36.8 Å². The number of piperidine rings is 1. The van der Waals surface area contributed by atoms with Crippen LogP contribution in [0.5, 0.6) is 0 Å². The molecule has 0 aliphatic carbocycles. The minimum Gasteiger partial charge on any atom is -0.317 e. The fourth-order valence-electron chi connectivity index (χ4n) is 2.27. The first-order valence-electron chi connectivity index (χ1n) is 6.10. The summed E-state index contributed by atoms with van der Waals surface area (Å²) in [5, 5.41) is 7.83. The Morgan fingerprint density at radius 2 is 2.12 bits per heavy atom. The van der Waals surface area contributed by atoms with Gasteiger partial charge in [0, 0.05) is 18.0 Å². The largest absolute Gasteiger partial charge is 0.317 e. The first-order chi connectivity index (χ1) is 8.43. The molecule has 0 spiro atoms. The summed E-state index contributed by atoms with van der Waals surface area (Å²) in [6.45, 7) is 2.17. The van der Waals surface area contributed by atoms with E-state index < -0.39 is 0 Å². The Balaban J connectivity index is 1.83. The third-order valence-electron chi connectivity index (χ3n) is 3.24. The highest BCUT2D eigenvalue weighted by Crippen LogP contribution is 2.21. The zero-order valence-corrected chi connectivity index (χ0v) is 9.71. The molecule has 1 aliphatic heterocycles. The quantitative estimate of drug-likeness (QED) is 0.853. The second-order valence-electron chi connectivity index (χ2n) is 4.41. The molecule has 2 aromatic rings. The standard InChI is InChI=1S/C13H16N4/c1-2-6-15-13(3-1)11-9-16-17(10-11)12-4-7-14-8-5-12/h1-3,6,9-10,12,14H,4-5,7-8H2. The second kappa shape index (κ2) is 4.67. The fourth-order valence-corrected chi connectivity index (χ4v) is 2.27. The molecular formula is C13H16N4. The summed E-state index contributed by atoms with van der Waals surface area (Å²) < 4.78 is 2.09. The van der Waals surface area contributed by atoms with E-state index in [0.29, 0.717) is 6.04 Å². The van der Waals surface area contributed by atoms with E-state index in [1.807, 2.05) is 30.6 Å². The number of aromatic nitrogens is 3. The lowest BCUT2D eigenvalue weighted by Gasteiger charge is -2.22. The Kier molecular flexibility index (Phi) is 2.88. The molecule has 0 atom stereocenters. The van der Waals surface area contributed by atoms with Crippen molar-refractivity contribution >= 4 is 0 Å². The van der Waals surface area contributed by atoms with Crippen LogP contribution in [0.3, 0.4) is 0 Å². The Hall–Kier alpha value is -1.68. The predicted molar refractivity (Wildman–Crippen MR) is 66.6 cm³/mol. The minimum absolute atomic E-state index is 0.536. The summed E-state index contributed by atoms with van der Waals surface area (Å²) in [4.78, 5) is 4.34. The molecule has 88 valence electrons. The second-order valence-corrected chi connectivity index (χ2v) is 4.41. The maximum Gasteiger partial charge on any atom is 0.0733 e. The SMILES string of the molecule is c1ccc(-c2cnn(C3CCNCC3)c2)nc1. The van der Waals surface area contributed by atoms with Crippen LogP contribution >= 0.6 is 0 Å². The van der Waals surface area contributed by atoms with Crippen molar-refractivity contribution in [3.63, 3.8) is 0 Å². The molecule has 0 radical (unpaired) electrons. The predicted octanol–water partition coefficient (Wildman–Crippen LogP) is 1.87. The smallest absolute Gasteiger partial charge is 0.0733 e. The van der Waals surface area contributed by atoms with Gasteiger partial charge in [0.25, 0.3) is 0 Å². The molecule has 1 N–H and O–H groups in total. The Morgan fingerprint density at radius 3 is 2.88 bits per heavy atom. The third-order valence-corrected chi connectivity index (χ3v) is 3.24. The Labute approximate surface area is 101 Å². The molecule has 1 fully saturated rings. The van der Waals surface area contributed by atoms with E-state index in [9.17, 15) is 0 Å². The molecule has 17 heavy (non-hydrogen) atoms. The summed E-state index contributed by atoms with van der Waals surface area (Å²) >= 11 is 0. The topological polar surface area (TPSA) is 42.7 Å². The molecular weight excluding hydrogens is 212 g/mol. The van der Waals surface area contributed by atoms with Crippen molar-refractivity contribution in [2.45, 2.75) is 18.9 Å². The lowest BCUT2D eigenvalue weighted by Crippen LogP contribution is -2.29. The van der Waals surface area contributed by atoms with Crippen LogP contribution in [-0.2, 0) is 0 Å². The van der Waals surface area contributed by atoms with Crippen LogP contribution in [0, 0.1) is 0 Å². The molecule has 0 aromatic carbocycles. The lowest BCUT2D eigenvalue weighted by atomic mass is 10.1. The van der Waals surface area contributed by atoms with Crippen molar-refractivity contribution in [1.82, 2.24) is 20.1 Å². The van der Waals surface area contributed by atoms with E-state index in [1.54, 1.807) is 0 Å². The molecule has 0 saturated carbocycles. The summed E-state index contributed by atoms with van der Waals surface area (Å²) in [7, 11) is 0. The molecule has 1 saturated heterocycles. The molecule has 0 bridgehead atoms. The van der Waals surface area contributed by atoms with Crippen molar-refractivity contribution < 1.29 is 0 Å². The van der Waals surface area contributed by atoms with Crippen molar-refractivity contribution in [1.29, 1.82) is 0 Å². The van der Waals surface area contributed by atoms with E-state index >= 15 is 0 Å². The minimum atomic E-state index is 0.536. The van der Waals surface area contributed by atoms with Crippen LogP contribution in [-0.4, -0.2) is 27.9 Å². The van der Waals surface area contributed by atoms with Crippen LogP contribution in [0.25, 0.3) is 11.3 Å². The maximum atomic E-state index is 4.47. The summed E-state index contributed by atoms with van der Waals surface area (Å²) in [5.41, 5.74) is 2.09. The van der Waals surface area contributed by atoms with Gasteiger partial charge >= 0.3 is 0 Å². The third kappa shape index (κ3) is 2.22. The van der Waals surface area contributed by atoms with E-state index in [-0.39, 0.29) is 0 Å².